The largest absolute Gasteiger partial charge is 0.402 e. The molecule has 0 aliphatic carbocycles. The van der Waals surface area contributed by atoms with Crippen molar-refractivity contribution in [2.75, 3.05) is 18.8 Å². The lowest BCUT2D eigenvalue weighted by Gasteiger charge is -2.23. The molecule has 9 heteroatoms. The van der Waals surface area contributed by atoms with Crippen LogP contribution in [0.15, 0.2) is 17.0 Å². The van der Waals surface area contributed by atoms with Gasteiger partial charge in [0.15, 0.2) is 0 Å². The van der Waals surface area contributed by atoms with Crippen molar-refractivity contribution < 1.29 is 26.0 Å². The predicted octanol–water partition coefficient (Wildman–Crippen LogP) is 2.29. The number of nitrogens with two attached hydrogens (primary N) is 1. The Labute approximate surface area is 114 Å². The Morgan fingerprint density at radius 2 is 1.85 bits per heavy atom. The Balaban J connectivity index is 3.31. The number of nitrogen functional groups attached to an aromatic ring is 1. The normalized spacial score (nSPS) is 12.9. The van der Waals surface area contributed by atoms with Gasteiger partial charge in [-0.1, -0.05) is 6.92 Å². The molecule has 0 radical (unpaired) electrons. The average Bonchev–Trinajstić information content (AvgIpc) is 2.29. The molecule has 20 heavy (non-hydrogen) atoms. The summed E-state index contributed by atoms with van der Waals surface area (Å²) in [6.07, 6.45) is -4.66. The number of aryl methyl sites for hydroxylation is 1. The third kappa shape index (κ3) is 3.60. The number of halogens is 4. The van der Waals surface area contributed by atoms with E-state index >= 15 is 0 Å². The van der Waals surface area contributed by atoms with Gasteiger partial charge in [0.05, 0.1) is 10.6 Å². The maximum absolute atomic E-state index is 13.2. The lowest BCUT2D eigenvalue weighted by Crippen LogP contribution is -2.39. The number of benzene rings is 1. The Hall–Kier alpha value is -1.35. The molecule has 0 aliphatic rings. The first kappa shape index (κ1) is 16.7. The molecule has 114 valence electrons. The summed E-state index contributed by atoms with van der Waals surface area (Å²) in [6, 6.07) is 1.71. The van der Waals surface area contributed by atoms with Crippen LogP contribution in [0.3, 0.4) is 0 Å². The average molecular weight is 314 g/mol. The fourth-order valence-electron chi connectivity index (χ4n) is 1.65. The van der Waals surface area contributed by atoms with Gasteiger partial charge in [-0.15, -0.1) is 0 Å². The van der Waals surface area contributed by atoms with Gasteiger partial charge in [0.1, 0.15) is 12.4 Å². The van der Waals surface area contributed by atoms with E-state index in [1.165, 1.54) is 13.8 Å². The standard InChI is InChI=1S/C11H14F4N2O2S/c1-3-17(6-11(13,14)15)20(18,19)10-5-9(16)8(12)4-7(10)2/h4-5H,3,6,16H2,1-2H3. The van der Waals surface area contributed by atoms with E-state index in [0.717, 1.165) is 12.1 Å². The van der Waals surface area contributed by atoms with Crippen molar-refractivity contribution in [2.45, 2.75) is 24.9 Å². The highest BCUT2D eigenvalue weighted by Gasteiger charge is 2.36. The second-order valence-corrected chi connectivity index (χ2v) is 6.09. The summed E-state index contributed by atoms with van der Waals surface area (Å²) in [4.78, 5) is -0.428. The second-order valence-electron chi connectivity index (χ2n) is 4.19. The SMILES string of the molecule is CCN(CC(F)(F)F)S(=O)(=O)c1cc(N)c(F)cc1C. The van der Waals surface area contributed by atoms with Crippen molar-refractivity contribution in [1.82, 2.24) is 4.31 Å². The van der Waals surface area contributed by atoms with Crippen LogP contribution in [-0.2, 0) is 10.0 Å². The van der Waals surface area contributed by atoms with Crippen molar-refractivity contribution in [3.8, 4) is 0 Å². The number of alkyl halides is 3. The Bertz CT molecular complexity index is 599. The van der Waals surface area contributed by atoms with Gasteiger partial charge in [-0.2, -0.15) is 17.5 Å². The zero-order valence-electron chi connectivity index (χ0n) is 10.8. The Morgan fingerprint density at radius 3 is 2.30 bits per heavy atom. The first-order valence-corrected chi connectivity index (χ1v) is 7.05. The molecule has 0 atom stereocenters. The van der Waals surface area contributed by atoms with Crippen LogP contribution >= 0.6 is 0 Å². The van der Waals surface area contributed by atoms with E-state index in [1.807, 2.05) is 0 Å². The van der Waals surface area contributed by atoms with E-state index in [4.69, 9.17) is 5.73 Å². The second kappa shape index (κ2) is 5.57. The lowest BCUT2D eigenvalue weighted by atomic mass is 10.2. The lowest BCUT2D eigenvalue weighted by molar-refractivity contribution is -0.135. The van der Waals surface area contributed by atoms with Crippen LogP contribution in [0.4, 0.5) is 23.2 Å². The van der Waals surface area contributed by atoms with E-state index < -0.39 is 39.1 Å². The number of hydrogen-bond donors (Lipinski definition) is 1. The minimum Gasteiger partial charge on any atom is -0.396 e. The summed E-state index contributed by atoms with van der Waals surface area (Å²) in [5.41, 5.74) is 4.84. The zero-order valence-corrected chi connectivity index (χ0v) is 11.6. The molecule has 0 bridgehead atoms. The molecular weight excluding hydrogens is 300 g/mol. The van der Waals surface area contributed by atoms with E-state index in [2.05, 4.69) is 0 Å². The highest BCUT2D eigenvalue weighted by atomic mass is 32.2. The van der Waals surface area contributed by atoms with Crippen molar-refractivity contribution >= 4 is 15.7 Å². The monoisotopic (exact) mass is 314 g/mol. The van der Waals surface area contributed by atoms with Crippen LogP contribution in [0, 0.1) is 12.7 Å². The number of nitrogens with zero attached hydrogens (tertiary/aromatic N) is 1. The number of anilines is 1. The first-order valence-electron chi connectivity index (χ1n) is 5.61. The third-order valence-corrected chi connectivity index (χ3v) is 4.68. The van der Waals surface area contributed by atoms with Gasteiger partial charge in [-0.05, 0) is 24.6 Å². The highest BCUT2D eigenvalue weighted by molar-refractivity contribution is 7.89. The van der Waals surface area contributed by atoms with Crippen molar-refractivity contribution in [2.24, 2.45) is 0 Å². The van der Waals surface area contributed by atoms with Gasteiger partial charge < -0.3 is 5.73 Å². The Morgan fingerprint density at radius 1 is 1.30 bits per heavy atom. The molecule has 1 rings (SSSR count). The summed E-state index contributed by atoms with van der Waals surface area (Å²) in [7, 11) is -4.39. The van der Waals surface area contributed by atoms with Crippen LogP contribution in [0.1, 0.15) is 12.5 Å². The van der Waals surface area contributed by atoms with Gasteiger partial charge >= 0.3 is 6.18 Å². The fraction of sp³-hybridized carbons (Fsp3) is 0.455. The molecule has 0 spiro atoms. The van der Waals surface area contributed by atoms with E-state index in [0.29, 0.717) is 0 Å². The fourth-order valence-corrected chi connectivity index (χ4v) is 3.33. The van der Waals surface area contributed by atoms with Crippen LogP contribution in [0.2, 0.25) is 0 Å². The van der Waals surface area contributed by atoms with Crippen LogP contribution < -0.4 is 5.73 Å². The molecule has 1 aromatic carbocycles. The molecule has 1 aromatic rings. The molecule has 4 nitrogen and oxygen atoms in total. The van der Waals surface area contributed by atoms with Gasteiger partial charge in [0, 0.05) is 6.54 Å². The van der Waals surface area contributed by atoms with Gasteiger partial charge in [0.2, 0.25) is 10.0 Å². The van der Waals surface area contributed by atoms with E-state index in [9.17, 15) is 26.0 Å². The van der Waals surface area contributed by atoms with Crippen LogP contribution in [0.25, 0.3) is 0 Å². The molecule has 0 saturated carbocycles. The minimum absolute atomic E-state index is 0.00248. The summed E-state index contributed by atoms with van der Waals surface area (Å²) in [5, 5.41) is 0. The molecular formula is C11H14F4N2O2S. The Kier molecular flexibility index (Phi) is 4.65. The first-order chi connectivity index (χ1) is 8.99. The molecule has 0 unspecified atom stereocenters. The van der Waals surface area contributed by atoms with Crippen molar-refractivity contribution in [1.29, 1.82) is 0 Å². The maximum Gasteiger partial charge on any atom is 0.402 e. The smallest absolute Gasteiger partial charge is 0.396 e. The van der Waals surface area contributed by atoms with Crippen LogP contribution in [-0.4, -0.2) is 32.0 Å². The molecule has 0 saturated heterocycles. The third-order valence-electron chi connectivity index (χ3n) is 2.62. The quantitative estimate of drug-likeness (QED) is 0.685. The van der Waals surface area contributed by atoms with Gasteiger partial charge in [-0.3, -0.25) is 0 Å². The summed E-state index contributed by atoms with van der Waals surface area (Å²) < 4.78 is 75.0. The number of sulfonamides is 1. The minimum atomic E-state index is -4.66. The van der Waals surface area contributed by atoms with Crippen molar-refractivity contribution in [3.63, 3.8) is 0 Å². The van der Waals surface area contributed by atoms with Crippen LogP contribution in [0.5, 0.6) is 0 Å². The predicted molar refractivity (Wildman–Crippen MR) is 66.0 cm³/mol. The summed E-state index contributed by atoms with van der Waals surface area (Å²) in [5.74, 6) is -0.819. The van der Waals surface area contributed by atoms with E-state index in [-0.39, 0.29) is 16.4 Å². The number of rotatable bonds is 4. The molecule has 0 aromatic heterocycles. The number of hydrogen-bond acceptors (Lipinski definition) is 3. The highest BCUT2D eigenvalue weighted by Crippen LogP contribution is 2.27. The van der Waals surface area contributed by atoms with Gasteiger partial charge in [-0.25, -0.2) is 12.8 Å². The topological polar surface area (TPSA) is 63.4 Å². The van der Waals surface area contributed by atoms with Gasteiger partial charge in [0.25, 0.3) is 0 Å². The summed E-state index contributed by atoms with van der Waals surface area (Å²) in [6.45, 7) is 0.601. The summed E-state index contributed by atoms with van der Waals surface area (Å²) >= 11 is 0. The zero-order chi connectivity index (χ0) is 15.7. The molecule has 0 amide bonds. The molecule has 0 heterocycles. The maximum atomic E-state index is 13.2. The van der Waals surface area contributed by atoms with E-state index in [1.54, 1.807) is 0 Å². The van der Waals surface area contributed by atoms with Crippen molar-refractivity contribution in [3.05, 3.63) is 23.5 Å². The molecule has 0 aliphatic heterocycles. The molecule has 0 fully saturated rings. The molecule has 2 N–H and O–H groups in total.